The molecule has 0 aliphatic heterocycles. The summed E-state index contributed by atoms with van der Waals surface area (Å²) in [6, 6.07) is 6.69. The highest BCUT2D eigenvalue weighted by molar-refractivity contribution is 5.91. The standard InChI is InChI=1S/C25H40N2O/c1-17(2)22-11-8-12-23(18(3)4)24(22)27-25(28)26-21-15-13-20(14-16-21)19-9-6-5-7-10-19/h8,11-12,17-21H,5-7,9-10,13-16H2,1-4H3,(H2,26,27,28). The van der Waals surface area contributed by atoms with E-state index in [4.69, 9.17) is 0 Å². The van der Waals surface area contributed by atoms with Crippen molar-refractivity contribution in [2.45, 2.75) is 103 Å². The summed E-state index contributed by atoms with van der Waals surface area (Å²) in [5.41, 5.74) is 3.46. The lowest BCUT2D eigenvalue weighted by molar-refractivity contribution is 0.177. The lowest BCUT2D eigenvalue weighted by Crippen LogP contribution is -2.41. The first-order valence-corrected chi connectivity index (χ1v) is 11.7. The van der Waals surface area contributed by atoms with E-state index >= 15 is 0 Å². The van der Waals surface area contributed by atoms with Crippen molar-refractivity contribution in [3.8, 4) is 0 Å². The zero-order chi connectivity index (χ0) is 20.1. The van der Waals surface area contributed by atoms with Gasteiger partial charge in [0.2, 0.25) is 0 Å². The van der Waals surface area contributed by atoms with E-state index in [1.807, 2.05) is 0 Å². The molecule has 0 aromatic heterocycles. The van der Waals surface area contributed by atoms with Crippen LogP contribution in [0.3, 0.4) is 0 Å². The van der Waals surface area contributed by atoms with E-state index in [-0.39, 0.29) is 6.03 Å². The highest BCUT2D eigenvalue weighted by atomic mass is 16.2. The van der Waals surface area contributed by atoms with Crippen LogP contribution in [-0.4, -0.2) is 12.1 Å². The molecule has 3 rings (SSSR count). The fraction of sp³-hybridized carbons (Fsp3) is 0.720. The maximum atomic E-state index is 12.8. The van der Waals surface area contributed by atoms with E-state index in [0.717, 1.165) is 30.4 Å². The number of rotatable bonds is 5. The molecule has 2 N–H and O–H groups in total. The van der Waals surface area contributed by atoms with Crippen molar-refractivity contribution < 1.29 is 4.79 Å². The second-order valence-electron chi connectivity index (χ2n) is 9.73. The fourth-order valence-electron chi connectivity index (χ4n) is 5.37. The van der Waals surface area contributed by atoms with Crippen molar-refractivity contribution in [1.82, 2.24) is 5.32 Å². The predicted octanol–water partition coefficient (Wildman–Crippen LogP) is 7.19. The van der Waals surface area contributed by atoms with Crippen LogP contribution in [0.2, 0.25) is 0 Å². The van der Waals surface area contributed by atoms with Crippen molar-refractivity contribution in [3.05, 3.63) is 29.3 Å². The third-order valence-electron chi connectivity index (χ3n) is 7.04. The van der Waals surface area contributed by atoms with Gasteiger partial charge in [-0.15, -0.1) is 0 Å². The first-order chi connectivity index (χ1) is 13.5. The molecule has 2 fully saturated rings. The van der Waals surface area contributed by atoms with Crippen molar-refractivity contribution in [2.24, 2.45) is 11.8 Å². The molecule has 2 aliphatic carbocycles. The number of carbonyl (C=O) groups is 1. The van der Waals surface area contributed by atoms with Gasteiger partial charge in [0.05, 0.1) is 0 Å². The largest absolute Gasteiger partial charge is 0.335 e. The molecule has 1 aromatic rings. The molecule has 0 radical (unpaired) electrons. The van der Waals surface area contributed by atoms with Crippen LogP contribution in [0.15, 0.2) is 18.2 Å². The third kappa shape index (κ3) is 5.30. The minimum atomic E-state index is -0.0314. The molecule has 1 aromatic carbocycles. The lowest BCUT2D eigenvalue weighted by Gasteiger charge is -2.36. The summed E-state index contributed by atoms with van der Waals surface area (Å²) in [4.78, 5) is 12.8. The number of anilines is 1. The number of carbonyl (C=O) groups excluding carboxylic acids is 1. The highest BCUT2D eigenvalue weighted by Crippen LogP contribution is 2.38. The topological polar surface area (TPSA) is 41.1 Å². The molecule has 0 unspecified atom stereocenters. The summed E-state index contributed by atoms with van der Waals surface area (Å²) in [7, 11) is 0. The zero-order valence-corrected chi connectivity index (χ0v) is 18.4. The Balaban J connectivity index is 1.56. The second kappa shape index (κ2) is 9.80. The molecule has 0 bridgehead atoms. The van der Waals surface area contributed by atoms with Gasteiger partial charge in [0.1, 0.15) is 0 Å². The molecule has 0 saturated heterocycles. The van der Waals surface area contributed by atoms with Gasteiger partial charge < -0.3 is 10.6 Å². The van der Waals surface area contributed by atoms with Crippen molar-refractivity contribution >= 4 is 11.7 Å². The van der Waals surface area contributed by atoms with E-state index in [0.29, 0.717) is 17.9 Å². The average molecular weight is 385 g/mol. The van der Waals surface area contributed by atoms with Gasteiger partial charge in [0.15, 0.2) is 0 Å². The molecule has 3 nitrogen and oxygen atoms in total. The average Bonchev–Trinajstić information content (AvgIpc) is 2.69. The number of amides is 2. The van der Waals surface area contributed by atoms with Gasteiger partial charge in [0.25, 0.3) is 0 Å². The minimum Gasteiger partial charge on any atom is -0.335 e. The first-order valence-electron chi connectivity index (χ1n) is 11.7. The van der Waals surface area contributed by atoms with Crippen LogP contribution < -0.4 is 10.6 Å². The van der Waals surface area contributed by atoms with E-state index in [1.165, 1.54) is 56.1 Å². The SMILES string of the molecule is CC(C)c1cccc(C(C)C)c1NC(=O)NC1CCC(C2CCCCC2)CC1. The van der Waals surface area contributed by atoms with E-state index in [1.54, 1.807) is 0 Å². The number of urea groups is 1. The molecule has 2 amide bonds. The van der Waals surface area contributed by atoms with Crippen LogP contribution in [0.1, 0.15) is 108 Å². The van der Waals surface area contributed by atoms with Crippen LogP contribution in [-0.2, 0) is 0 Å². The van der Waals surface area contributed by atoms with Gasteiger partial charge in [-0.05, 0) is 60.5 Å². The molecular formula is C25H40N2O. The van der Waals surface area contributed by atoms with E-state index in [9.17, 15) is 4.79 Å². The normalized spacial score (nSPS) is 23.8. The Bertz CT molecular complexity index is 612. The second-order valence-corrected chi connectivity index (χ2v) is 9.73. The summed E-state index contributed by atoms with van der Waals surface area (Å²) in [6.07, 6.45) is 12.0. The van der Waals surface area contributed by atoms with E-state index in [2.05, 4.69) is 56.5 Å². The van der Waals surface area contributed by atoms with Gasteiger partial charge in [-0.2, -0.15) is 0 Å². The van der Waals surface area contributed by atoms with Crippen molar-refractivity contribution in [3.63, 3.8) is 0 Å². The Kier molecular flexibility index (Phi) is 7.42. The Morgan fingerprint density at radius 3 is 1.89 bits per heavy atom. The van der Waals surface area contributed by atoms with Crippen LogP contribution >= 0.6 is 0 Å². The summed E-state index contributed by atoms with van der Waals surface area (Å²) < 4.78 is 0. The number of hydrogen-bond donors (Lipinski definition) is 2. The molecule has 156 valence electrons. The monoisotopic (exact) mass is 384 g/mol. The van der Waals surface area contributed by atoms with Gasteiger partial charge in [0, 0.05) is 11.7 Å². The molecular weight excluding hydrogens is 344 g/mol. The fourth-order valence-corrected chi connectivity index (χ4v) is 5.37. The van der Waals surface area contributed by atoms with Crippen LogP contribution in [0.25, 0.3) is 0 Å². The van der Waals surface area contributed by atoms with Crippen LogP contribution in [0.5, 0.6) is 0 Å². The molecule has 2 aliphatic rings. The van der Waals surface area contributed by atoms with Gasteiger partial charge in [-0.25, -0.2) is 4.79 Å². The minimum absolute atomic E-state index is 0.0314. The molecule has 0 heterocycles. The molecule has 0 spiro atoms. The molecule has 28 heavy (non-hydrogen) atoms. The quantitative estimate of drug-likeness (QED) is 0.554. The molecule has 0 atom stereocenters. The number of nitrogens with one attached hydrogen (secondary N) is 2. The van der Waals surface area contributed by atoms with Gasteiger partial charge >= 0.3 is 6.03 Å². The first kappa shape index (κ1) is 21.2. The Morgan fingerprint density at radius 1 is 0.821 bits per heavy atom. The van der Waals surface area contributed by atoms with Crippen LogP contribution in [0, 0.1) is 11.8 Å². The summed E-state index contributed by atoms with van der Waals surface area (Å²) in [5, 5.41) is 6.49. The zero-order valence-electron chi connectivity index (χ0n) is 18.4. The highest BCUT2D eigenvalue weighted by Gasteiger charge is 2.29. The van der Waals surface area contributed by atoms with Gasteiger partial charge in [-0.1, -0.05) is 78.0 Å². The lowest BCUT2D eigenvalue weighted by atomic mass is 9.72. The maximum absolute atomic E-state index is 12.8. The number of hydrogen-bond acceptors (Lipinski definition) is 1. The molecule has 3 heteroatoms. The predicted molar refractivity (Wildman–Crippen MR) is 119 cm³/mol. The molecule has 2 saturated carbocycles. The Morgan fingerprint density at radius 2 is 1.36 bits per heavy atom. The van der Waals surface area contributed by atoms with Crippen molar-refractivity contribution in [1.29, 1.82) is 0 Å². The van der Waals surface area contributed by atoms with E-state index < -0.39 is 0 Å². The Labute approximate surface area is 172 Å². The van der Waals surface area contributed by atoms with Crippen molar-refractivity contribution in [2.75, 3.05) is 5.32 Å². The summed E-state index contributed by atoms with van der Waals surface area (Å²) in [5.74, 6) is 2.63. The summed E-state index contributed by atoms with van der Waals surface area (Å²) >= 11 is 0. The number of para-hydroxylation sites is 1. The van der Waals surface area contributed by atoms with Gasteiger partial charge in [-0.3, -0.25) is 0 Å². The smallest absolute Gasteiger partial charge is 0.319 e. The van der Waals surface area contributed by atoms with Crippen LogP contribution in [0.4, 0.5) is 10.5 Å². The Hall–Kier alpha value is -1.51. The number of benzene rings is 1. The maximum Gasteiger partial charge on any atom is 0.319 e. The third-order valence-corrected chi connectivity index (χ3v) is 7.04. The summed E-state index contributed by atoms with van der Waals surface area (Å²) in [6.45, 7) is 8.76.